The van der Waals surface area contributed by atoms with Crippen LogP contribution in [-0.4, -0.2) is 24.0 Å². The van der Waals surface area contributed by atoms with Crippen LogP contribution in [0.25, 0.3) is 11.3 Å². The summed E-state index contributed by atoms with van der Waals surface area (Å²) in [6.07, 6.45) is 3.50. The van der Waals surface area contributed by atoms with Crippen LogP contribution < -0.4 is 0 Å². The molecule has 0 amide bonds. The van der Waals surface area contributed by atoms with E-state index in [9.17, 15) is 4.39 Å². The molecule has 0 radical (unpaired) electrons. The van der Waals surface area contributed by atoms with Gasteiger partial charge in [0.05, 0.1) is 17.4 Å². The molecule has 124 valence electrons. The van der Waals surface area contributed by atoms with Gasteiger partial charge in [-0.3, -0.25) is 4.98 Å². The van der Waals surface area contributed by atoms with Gasteiger partial charge < -0.3 is 4.90 Å². The van der Waals surface area contributed by atoms with Crippen LogP contribution in [0.15, 0.2) is 42.5 Å². The summed E-state index contributed by atoms with van der Waals surface area (Å²) < 4.78 is 13.1. The van der Waals surface area contributed by atoms with Gasteiger partial charge in [0.1, 0.15) is 5.82 Å². The lowest BCUT2D eigenvalue weighted by atomic mass is 9.92. The summed E-state index contributed by atoms with van der Waals surface area (Å²) in [5.41, 5.74) is 2.94. The Morgan fingerprint density at radius 2 is 1.65 bits per heavy atom. The first-order valence-corrected chi connectivity index (χ1v) is 8.44. The Bertz CT molecular complexity index is 603. The molecule has 0 spiro atoms. The summed E-state index contributed by atoms with van der Waals surface area (Å²) in [7, 11) is 4.22. The normalized spacial score (nSPS) is 12.8. The monoisotopic (exact) mass is 314 g/mol. The van der Waals surface area contributed by atoms with Crippen LogP contribution in [0, 0.1) is 11.7 Å². The molecule has 0 saturated heterocycles. The van der Waals surface area contributed by atoms with Crippen LogP contribution in [0.1, 0.15) is 44.8 Å². The van der Waals surface area contributed by atoms with Gasteiger partial charge in [0.25, 0.3) is 0 Å². The van der Waals surface area contributed by atoms with Crippen molar-refractivity contribution < 1.29 is 4.39 Å². The molecular weight excluding hydrogens is 287 g/mol. The van der Waals surface area contributed by atoms with E-state index in [0.29, 0.717) is 12.0 Å². The van der Waals surface area contributed by atoms with Crippen LogP contribution in [0.3, 0.4) is 0 Å². The van der Waals surface area contributed by atoms with E-state index in [1.807, 2.05) is 12.1 Å². The Morgan fingerprint density at radius 1 is 1.00 bits per heavy atom. The topological polar surface area (TPSA) is 16.1 Å². The SMILES string of the molecule is CCC(CC)CC(c1cccc(-c2ccc(F)cc2)n1)N(C)C. The van der Waals surface area contributed by atoms with Crippen molar-refractivity contribution in [1.82, 2.24) is 9.88 Å². The van der Waals surface area contributed by atoms with Crippen LogP contribution >= 0.6 is 0 Å². The first kappa shape index (κ1) is 17.6. The van der Waals surface area contributed by atoms with E-state index in [2.05, 4.69) is 38.9 Å². The fourth-order valence-corrected chi connectivity index (χ4v) is 2.95. The van der Waals surface area contributed by atoms with E-state index in [1.165, 1.54) is 25.0 Å². The third-order valence-corrected chi connectivity index (χ3v) is 4.59. The quantitative estimate of drug-likeness (QED) is 0.688. The summed E-state index contributed by atoms with van der Waals surface area (Å²) in [4.78, 5) is 7.10. The minimum Gasteiger partial charge on any atom is -0.301 e. The Labute approximate surface area is 139 Å². The van der Waals surface area contributed by atoms with Crippen molar-refractivity contribution in [3.8, 4) is 11.3 Å². The van der Waals surface area contributed by atoms with E-state index < -0.39 is 0 Å². The smallest absolute Gasteiger partial charge is 0.123 e. The zero-order valence-electron chi connectivity index (χ0n) is 14.6. The maximum atomic E-state index is 13.1. The van der Waals surface area contributed by atoms with E-state index in [-0.39, 0.29) is 5.82 Å². The largest absolute Gasteiger partial charge is 0.301 e. The third kappa shape index (κ3) is 4.61. The van der Waals surface area contributed by atoms with E-state index in [4.69, 9.17) is 4.98 Å². The lowest BCUT2D eigenvalue weighted by molar-refractivity contribution is 0.236. The summed E-state index contributed by atoms with van der Waals surface area (Å²) in [5, 5.41) is 0. The Hall–Kier alpha value is -1.74. The molecule has 0 saturated carbocycles. The molecule has 23 heavy (non-hydrogen) atoms. The van der Waals surface area contributed by atoms with Gasteiger partial charge in [-0.25, -0.2) is 4.39 Å². The minimum absolute atomic E-state index is 0.218. The number of halogens is 1. The second kappa shape index (κ2) is 8.21. The van der Waals surface area contributed by atoms with Crippen molar-refractivity contribution in [2.75, 3.05) is 14.1 Å². The number of nitrogens with zero attached hydrogens (tertiary/aromatic N) is 2. The molecule has 2 aromatic rings. The van der Waals surface area contributed by atoms with Crippen LogP contribution in [-0.2, 0) is 0 Å². The molecule has 1 aromatic heterocycles. The van der Waals surface area contributed by atoms with Crippen LogP contribution in [0.4, 0.5) is 4.39 Å². The summed E-state index contributed by atoms with van der Waals surface area (Å²) >= 11 is 0. The Kier molecular flexibility index (Phi) is 6.28. The van der Waals surface area contributed by atoms with Gasteiger partial charge in [0, 0.05) is 5.56 Å². The predicted octanol–water partition coefficient (Wildman–Crippen LogP) is 5.32. The van der Waals surface area contributed by atoms with Crippen molar-refractivity contribution in [3.63, 3.8) is 0 Å². The molecule has 0 fully saturated rings. The molecule has 2 nitrogen and oxygen atoms in total. The maximum Gasteiger partial charge on any atom is 0.123 e. The molecule has 0 aliphatic carbocycles. The highest BCUT2D eigenvalue weighted by Crippen LogP contribution is 2.29. The maximum absolute atomic E-state index is 13.1. The van der Waals surface area contributed by atoms with Crippen molar-refractivity contribution in [3.05, 3.63) is 54.0 Å². The van der Waals surface area contributed by atoms with E-state index in [1.54, 1.807) is 12.1 Å². The molecule has 0 aliphatic rings. The van der Waals surface area contributed by atoms with Crippen LogP contribution in [0.5, 0.6) is 0 Å². The predicted molar refractivity (Wildman–Crippen MR) is 94.7 cm³/mol. The number of hydrogen-bond donors (Lipinski definition) is 0. The molecule has 0 N–H and O–H groups in total. The molecule has 1 atom stereocenters. The van der Waals surface area contributed by atoms with Gasteiger partial charge in [0.15, 0.2) is 0 Å². The zero-order chi connectivity index (χ0) is 16.8. The van der Waals surface area contributed by atoms with Gasteiger partial charge in [-0.15, -0.1) is 0 Å². The molecule has 0 bridgehead atoms. The van der Waals surface area contributed by atoms with Crippen molar-refractivity contribution in [2.24, 2.45) is 5.92 Å². The lowest BCUT2D eigenvalue weighted by Gasteiger charge is -2.27. The second-order valence-electron chi connectivity index (χ2n) is 6.35. The number of benzene rings is 1. The molecule has 1 aromatic carbocycles. The highest BCUT2D eigenvalue weighted by atomic mass is 19.1. The highest BCUT2D eigenvalue weighted by molar-refractivity contribution is 5.59. The highest BCUT2D eigenvalue weighted by Gasteiger charge is 2.20. The fourth-order valence-electron chi connectivity index (χ4n) is 2.95. The number of hydrogen-bond acceptors (Lipinski definition) is 2. The first-order chi connectivity index (χ1) is 11.0. The lowest BCUT2D eigenvalue weighted by Crippen LogP contribution is -2.23. The zero-order valence-corrected chi connectivity index (χ0v) is 14.6. The van der Waals surface area contributed by atoms with Crippen LogP contribution in [0.2, 0.25) is 0 Å². The molecular formula is C20H27FN2. The van der Waals surface area contributed by atoms with E-state index in [0.717, 1.165) is 23.4 Å². The fraction of sp³-hybridized carbons (Fsp3) is 0.450. The van der Waals surface area contributed by atoms with Gasteiger partial charge in [-0.1, -0.05) is 32.8 Å². The van der Waals surface area contributed by atoms with Gasteiger partial charge >= 0.3 is 0 Å². The van der Waals surface area contributed by atoms with Crippen molar-refractivity contribution in [1.29, 1.82) is 0 Å². The van der Waals surface area contributed by atoms with Crippen molar-refractivity contribution in [2.45, 2.75) is 39.2 Å². The molecule has 3 heteroatoms. The number of rotatable bonds is 7. The molecule has 1 unspecified atom stereocenters. The van der Waals surface area contributed by atoms with Crippen molar-refractivity contribution >= 4 is 0 Å². The Morgan fingerprint density at radius 3 is 2.22 bits per heavy atom. The molecule has 0 aliphatic heterocycles. The summed E-state index contributed by atoms with van der Waals surface area (Å²) in [6.45, 7) is 4.51. The Balaban J connectivity index is 2.30. The first-order valence-electron chi connectivity index (χ1n) is 8.44. The minimum atomic E-state index is -0.218. The van der Waals surface area contributed by atoms with Gasteiger partial charge in [0.2, 0.25) is 0 Å². The second-order valence-corrected chi connectivity index (χ2v) is 6.35. The third-order valence-electron chi connectivity index (χ3n) is 4.59. The standard InChI is InChI=1S/C20H27FN2/c1-5-15(6-2)14-20(23(3)4)19-9-7-8-18(22-19)16-10-12-17(21)13-11-16/h7-13,15,20H,5-6,14H2,1-4H3. The average molecular weight is 314 g/mol. The summed E-state index contributed by atoms with van der Waals surface area (Å²) in [5.74, 6) is 0.489. The number of pyridine rings is 1. The average Bonchev–Trinajstić information content (AvgIpc) is 2.56. The van der Waals surface area contributed by atoms with Gasteiger partial charge in [-0.05, 0) is 62.8 Å². The van der Waals surface area contributed by atoms with E-state index >= 15 is 0 Å². The molecule has 2 rings (SSSR count). The summed E-state index contributed by atoms with van der Waals surface area (Å²) in [6, 6.07) is 13.0. The molecule has 1 heterocycles. The number of aromatic nitrogens is 1. The van der Waals surface area contributed by atoms with Gasteiger partial charge in [-0.2, -0.15) is 0 Å².